The van der Waals surface area contributed by atoms with E-state index in [1.165, 1.54) is 29.4 Å². The molecule has 0 spiro atoms. The second kappa shape index (κ2) is 10.1. The first-order chi connectivity index (χ1) is 17.7. The lowest BCUT2D eigenvalue weighted by atomic mass is 10.1. The van der Waals surface area contributed by atoms with E-state index in [-0.39, 0.29) is 28.9 Å². The first-order valence-corrected chi connectivity index (χ1v) is 12.0. The molecule has 194 valence electrons. The summed E-state index contributed by atoms with van der Waals surface area (Å²) in [5, 5.41) is 11.9. The molecule has 3 aromatic rings. The average Bonchev–Trinajstić information content (AvgIpc) is 3.29. The van der Waals surface area contributed by atoms with Gasteiger partial charge in [0.2, 0.25) is 0 Å². The number of alkyl halides is 3. The number of hydrogen-bond donors (Lipinski definition) is 2. The highest BCUT2D eigenvalue weighted by molar-refractivity contribution is 6.33. The third-order valence-electron chi connectivity index (χ3n) is 6.25. The van der Waals surface area contributed by atoms with Crippen molar-refractivity contribution < 1.29 is 27.8 Å². The number of carbonyl (C=O) groups is 1. The molecule has 0 aliphatic carbocycles. The van der Waals surface area contributed by atoms with Gasteiger partial charge >= 0.3 is 12.2 Å². The zero-order valence-corrected chi connectivity index (χ0v) is 20.3. The van der Waals surface area contributed by atoms with Crippen molar-refractivity contribution in [2.75, 3.05) is 41.4 Å². The van der Waals surface area contributed by atoms with E-state index in [0.717, 1.165) is 12.1 Å². The van der Waals surface area contributed by atoms with Gasteiger partial charge in [0.15, 0.2) is 5.82 Å². The van der Waals surface area contributed by atoms with E-state index in [1.807, 2.05) is 0 Å². The number of aromatic nitrogens is 2. The van der Waals surface area contributed by atoms with Gasteiger partial charge in [0.05, 0.1) is 52.7 Å². The number of benzene rings is 1. The van der Waals surface area contributed by atoms with Crippen LogP contribution < -0.4 is 19.9 Å². The molecule has 1 aromatic carbocycles. The van der Waals surface area contributed by atoms with Gasteiger partial charge < -0.3 is 20.1 Å². The van der Waals surface area contributed by atoms with E-state index >= 15 is 0 Å². The van der Waals surface area contributed by atoms with Crippen molar-refractivity contribution >= 4 is 34.8 Å². The Morgan fingerprint density at radius 3 is 2.86 bits per heavy atom. The molecule has 1 atom stereocenters. The number of ether oxygens (including phenoxy) is 1. The molecule has 2 aliphatic rings. The summed E-state index contributed by atoms with van der Waals surface area (Å²) < 4.78 is 45.5. The molecule has 1 saturated heterocycles. The van der Waals surface area contributed by atoms with Crippen molar-refractivity contribution in [2.24, 2.45) is 0 Å². The maximum Gasteiger partial charge on any atom is 0.416 e. The van der Waals surface area contributed by atoms with E-state index in [0.29, 0.717) is 55.5 Å². The highest BCUT2D eigenvalue weighted by Crippen LogP contribution is 2.43. The Hall–Kier alpha value is -3.57. The van der Waals surface area contributed by atoms with Gasteiger partial charge in [0.25, 0.3) is 0 Å². The van der Waals surface area contributed by atoms with E-state index in [2.05, 4.69) is 20.2 Å². The van der Waals surface area contributed by atoms with Crippen molar-refractivity contribution in [1.29, 1.82) is 0 Å². The summed E-state index contributed by atoms with van der Waals surface area (Å²) in [7, 11) is 0. The third kappa shape index (κ3) is 5.14. The lowest BCUT2D eigenvalue weighted by Crippen LogP contribution is -2.48. The number of pyridine rings is 2. The van der Waals surface area contributed by atoms with E-state index in [1.54, 1.807) is 12.1 Å². The van der Waals surface area contributed by atoms with Gasteiger partial charge in [-0.3, -0.25) is 9.88 Å². The quantitative estimate of drug-likeness (QED) is 0.423. The molecule has 2 bridgehead atoms. The van der Waals surface area contributed by atoms with Crippen LogP contribution in [-0.4, -0.2) is 53.5 Å². The van der Waals surface area contributed by atoms with Gasteiger partial charge in [-0.2, -0.15) is 13.2 Å². The summed E-state index contributed by atoms with van der Waals surface area (Å²) >= 11 is 6.50. The number of amides is 2. The maximum atomic E-state index is 13.5. The molecule has 4 heterocycles. The number of anilines is 3. The highest BCUT2D eigenvalue weighted by Gasteiger charge is 2.41. The van der Waals surface area contributed by atoms with Gasteiger partial charge in [-0.15, -0.1) is 0 Å². The van der Waals surface area contributed by atoms with Crippen LogP contribution >= 0.6 is 11.6 Å². The number of aliphatic hydroxyl groups excluding tert-OH is 1. The van der Waals surface area contributed by atoms with E-state index < -0.39 is 17.8 Å². The van der Waals surface area contributed by atoms with Crippen LogP contribution in [0.1, 0.15) is 18.4 Å². The number of aliphatic hydroxyl groups is 1. The minimum Gasteiger partial charge on any atom is -0.492 e. The Labute approximate surface area is 215 Å². The predicted octanol–water partition coefficient (Wildman–Crippen LogP) is 5.21. The summed E-state index contributed by atoms with van der Waals surface area (Å²) in [6.45, 7) is 1.58. The van der Waals surface area contributed by atoms with Crippen LogP contribution in [-0.2, 0) is 6.18 Å². The number of halogens is 4. The molecular formula is C25H23ClF3N5O3. The van der Waals surface area contributed by atoms with Gasteiger partial charge in [0.1, 0.15) is 5.75 Å². The fourth-order valence-electron chi connectivity index (χ4n) is 4.54. The van der Waals surface area contributed by atoms with Crippen molar-refractivity contribution in [3.05, 3.63) is 59.4 Å². The Balaban J connectivity index is 1.47. The Kier molecular flexibility index (Phi) is 6.82. The van der Waals surface area contributed by atoms with Crippen LogP contribution in [0.3, 0.4) is 0 Å². The molecule has 2 aromatic heterocycles. The first-order valence-electron chi connectivity index (χ1n) is 11.7. The molecule has 8 nitrogen and oxygen atoms in total. The van der Waals surface area contributed by atoms with Crippen molar-refractivity contribution in [1.82, 2.24) is 9.97 Å². The van der Waals surface area contributed by atoms with Crippen molar-refractivity contribution in [3.8, 4) is 17.0 Å². The zero-order chi connectivity index (χ0) is 26.2. The lowest BCUT2D eigenvalue weighted by molar-refractivity contribution is -0.137. The normalized spacial score (nSPS) is 16.5. The number of nitrogens with one attached hydrogen (secondary N) is 1. The fraction of sp³-hybridized carbons (Fsp3) is 0.320. The topological polar surface area (TPSA) is 90.8 Å². The molecule has 12 heteroatoms. The van der Waals surface area contributed by atoms with Crippen molar-refractivity contribution in [2.45, 2.75) is 25.1 Å². The average molecular weight is 534 g/mol. The van der Waals surface area contributed by atoms with Crippen LogP contribution in [0, 0.1) is 0 Å². The molecule has 5 rings (SSSR count). The number of rotatable bonds is 6. The molecule has 0 radical (unpaired) electrons. The number of fused-ring (bicyclic) bond motifs is 4. The number of carbonyl (C=O) groups excluding carboxylic acids is 1. The summed E-state index contributed by atoms with van der Waals surface area (Å²) in [5.41, 5.74) is 0.595. The number of urea groups is 1. The highest BCUT2D eigenvalue weighted by atomic mass is 35.5. The largest absolute Gasteiger partial charge is 0.492 e. The third-order valence-corrected chi connectivity index (χ3v) is 6.54. The molecule has 2 amide bonds. The molecular weight excluding hydrogens is 511 g/mol. The molecule has 0 unspecified atom stereocenters. The van der Waals surface area contributed by atoms with Crippen LogP contribution in [0.4, 0.5) is 35.2 Å². The van der Waals surface area contributed by atoms with E-state index in [4.69, 9.17) is 21.4 Å². The SMILES string of the molecule is O=C(Nc1cncc(OCCCO)c1)N1c2nc(-c3cccc(C(F)(F)F)c3)c(Cl)cc2N2CC[C@H]1C2. The lowest BCUT2D eigenvalue weighted by Gasteiger charge is -2.36. The second-order valence-electron chi connectivity index (χ2n) is 8.76. The summed E-state index contributed by atoms with van der Waals surface area (Å²) in [6.07, 6.45) is -0.378. The van der Waals surface area contributed by atoms with Gasteiger partial charge in [-0.05, 0) is 24.6 Å². The molecule has 1 fully saturated rings. The smallest absolute Gasteiger partial charge is 0.416 e. The Morgan fingerprint density at radius 1 is 1.24 bits per heavy atom. The predicted molar refractivity (Wildman–Crippen MR) is 133 cm³/mol. The van der Waals surface area contributed by atoms with Crippen LogP contribution in [0.2, 0.25) is 5.02 Å². The van der Waals surface area contributed by atoms with Crippen LogP contribution in [0.25, 0.3) is 11.3 Å². The first kappa shape index (κ1) is 25.1. The summed E-state index contributed by atoms with van der Waals surface area (Å²) in [5.74, 6) is 0.764. The minimum atomic E-state index is -4.52. The number of nitrogens with zero attached hydrogens (tertiary/aromatic N) is 4. The molecule has 37 heavy (non-hydrogen) atoms. The summed E-state index contributed by atoms with van der Waals surface area (Å²) in [6, 6.07) is 7.44. The fourth-order valence-corrected chi connectivity index (χ4v) is 4.79. The Morgan fingerprint density at radius 2 is 2.08 bits per heavy atom. The number of hydrogen-bond acceptors (Lipinski definition) is 6. The molecule has 2 aliphatic heterocycles. The second-order valence-corrected chi connectivity index (χ2v) is 9.17. The maximum absolute atomic E-state index is 13.5. The van der Waals surface area contributed by atoms with Gasteiger partial charge in [-0.25, -0.2) is 9.78 Å². The van der Waals surface area contributed by atoms with Gasteiger partial charge in [0, 0.05) is 37.7 Å². The van der Waals surface area contributed by atoms with Crippen LogP contribution in [0.15, 0.2) is 48.8 Å². The van der Waals surface area contributed by atoms with E-state index in [9.17, 15) is 18.0 Å². The van der Waals surface area contributed by atoms with Gasteiger partial charge in [-0.1, -0.05) is 23.7 Å². The molecule has 0 saturated carbocycles. The minimum absolute atomic E-state index is 0.00384. The standard InChI is InChI=1S/C25H23ClF3N5O3/c26-20-11-21-23(32-22(20)15-3-1-4-16(9-15)25(27,28)29)34(18-5-6-33(21)14-18)24(36)31-17-10-19(13-30-12-17)37-8-2-7-35/h1,3-4,9-13,18,35H,2,5-8,14H2,(H,31,36)/t18-/m0/s1. The van der Waals surface area contributed by atoms with Crippen LogP contribution in [0.5, 0.6) is 5.75 Å². The zero-order valence-electron chi connectivity index (χ0n) is 19.5. The summed E-state index contributed by atoms with van der Waals surface area (Å²) in [4.78, 5) is 25.8. The monoisotopic (exact) mass is 533 g/mol. The Bertz CT molecular complexity index is 1320. The van der Waals surface area contributed by atoms with Crippen molar-refractivity contribution in [3.63, 3.8) is 0 Å². The molecule has 2 N–H and O–H groups in total.